The Kier molecular flexibility index (Phi) is 5.21. The topological polar surface area (TPSA) is 62.5 Å². The Morgan fingerprint density at radius 1 is 0.719 bits per heavy atom. The summed E-state index contributed by atoms with van der Waals surface area (Å²) in [6.07, 6.45) is 6.23. The lowest BCUT2D eigenvalue weighted by Gasteiger charge is -2.02. The number of hydrogen-bond acceptors (Lipinski definition) is 4. The number of aromatic nitrogens is 2. The number of methoxy groups -OCH3 is 2. The Bertz CT molecular complexity index is 1240. The molecule has 0 N–H and O–H groups in total. The van der Waals surface area contributed by atoms with Crippen LogP contribution in [-0.2, 0) is 25.9 Å². The number of nitrogens with zero attached hydrogens (tertiary/aromatic N) is 2. The molecule has 4 aromatic rings. The second kappa shape index (κ2) is 8.19. The van der Waals surface area contributed by atoms with Crippen molar-refractivity contribution in [2.75, 3.05) is 14.2 Å². The maximum atomic E-state index is 11.2. The van der Waals surface area contributed by atoms with Gasteiger partial charge in [0.1, 0.15) is 11.5 Å². The Morgan fingerprint density at radius 3 is 1.53 bits per heavy atom. The summed E-state index contributed by atoms with van der Waals surface area (Å²) in [5.41, 5.74) is 6.33. The highest BCUT2D eigenvalue weighted by Crippen LogP contribution is 2.33. The van der Waals surface area contributed by atoms with Crippen LogP contribution >= 0.6 is 0 Å². The van der Waals surface area contributed by atoms with Crippen molar-refractivity contribution in [2.45, 2.75) is 38.8 Å². The van der Waals surface area contributed by atoms with Crippen LogP contribution in [0.4, 0.5) is 0 Å². The number of hydrogen-bond donors (Lipinski definition) is 0. The van der Waals surface area contributed by atoms with Gasteiger partial charge in [0.25, 0.3) is 0 Å². The van der Waals surface area contributed by atoms with Gasteiger partial charge in [0.2, 0.25) is 0 Å². The zero-order chi connectivity index (χ0) is 22.2. The highest BCUT2D eigenvalue weighted by Gasteiger charge is 2.21. The van der Waals surface area contributed by atoms with Gasteiger partial charge >= 0.3 is 0 Å². The molecule has 6 nitrogen and oxygen atoms in total. The van der Waals surface area contributed by atoms with E-state index in [9.17, 15) is 9.59 Å². The molecule has 0 atom stereocenters. The summed E-state index contributed by atoms with van der Waals surface area (Å²) in [4.78, 5) is 22.4. The summed E-state index contributed by atoms with van der Waals surface area (Å²) >= 11 is 0. The second-order valence-corrected chi connectivity index (χ2v) is 8.23. The number of benzene rings is 2. The largest absolute Gasteiger partial charge is 0.497 e. The third kappa shape index (κ3) is 3.09. The fraction of sp³-hybridized carbons (Fsp3) is 0.308. The number of ether oxygens (including phenoxy) is 2. The van der Waals surface area contributed by atoms with E-state index in [1.165, 1.54) is 11.4 Å². The van der Waals surface area contributed by atoms with E-state index in [1.807, 2.05) is 36.4 Å². The van der Waals surface area contributed by atoms with Crippen LogP contribution in [-0.4, -0.2) is 35.9 Å². The van der Waals surface area contributed by atoms with Gasteiger partial charge in [-0.1, -0.05) is 0 Å². The summed E-state index contributed by atoms with van der Waals surface area (Å²) in [7, 11) is 3.29. The van der Waals surface area contributed by atoms with Gasteiger partial charge in [-0.3, -0.25) is 9.59 Å². The minimum atomic E-state index is 0.805. The van der Waals surface area contributed by atoms with Gasteiger partial charge in [0.15, 0.2) is 12.6 Å². The number of fused-ring (bicyclic) bond motifs is 6. The molecule has 2 aromatic heterocycles. The quantitative estimate of drug-likeness (QED) is 0.436. The highest BCUT2D eigenvalue weighted by atomic mass is 16.5. The Hall–Kier alpha value is -3.54. The van der Waals surface area contributed by atoms with Gasteiger partial charge < -0.3 is 18.6 Å². The molecule has 6 rings (SSSR count). The normalized spacial score (nSPS) is 14.1. The smallest absolute Gasteiger partial charge is 0.152 e. The maximum Gasteiger partial charge on any atom is 0.152 e. The summed E-state index contributed by atoms with van der Waals surface area (Å²) in [5.74, 6) is 1.61. The molecular weight excluding hydrogens is 404 g/mol. The number of carbonyl (C=O) groups is 2. The lowest BCUT2D eigenvalue weighted by atomic mass is 10.1. The average molecular weight is 431 g/mol. The van der Waals surface area contributed by atoms with Gasteiger partial charge in [-0.2, -0.15) is 0 Å². The number of rotatable bonds is 4. The van der Waals surface area contributed by atoms with E-state index in [1.54, 1.807) is 14.2 Å². The molecule has 0 aliphatic carbocycles. The lowest BCUT2D eigenvalue weighted by Crippen LogP contribution is -1.91. The van der Waals surface area contributed by atoms with E-state index >= 15 is 0 Å². The standard InChI is InChI=1S/2C13H13NO2/c2*1-16-9-4-5-13-10(7-9)11(8-15)12-3-2-6-14(12)13/h2*4-5,7-8H,2-3,6H2,1H3. The molecule has 0 fully saturated rings. The van der Waals surface area contributed by atoms with E-state index in [0.29, 0.717) is 0 Å². The third-order valence-electron chi connectivity index (χ3n) is 6.67. The summed E-state index contributed by atoms with van der Waals surface area (Å²) < 4.78 is 14.9. The highest BCUT2D eigenvalue weighted by molar-refractivity contribution is 6.01. The molecule has 2 aromatic carbocycles. The van der Waals surface area contributed by atoms with Crippen LogP contribution in [0, 0.1) is 0 Å². The Balaban J connectivity index is 0.000000135. The van der Waals surface area contributed by atoms with Crippen molar-refractivity contribution >= 4 is 34.4 Å². The van der Waals surface area contributed by atoms with Crippen molar-refractivity contribution in [3.05, 3.63) is 58.9 Å². The summed E-state index contributed by atoms with van der Waals surface area (Å²) in [5, 5.41) is 2.04. The molecule has 4 heterocycles. The van der Waals surface area contributed by atoms with Crippen LogP contribution in [0.2, 0.25) is 0 Å². The number of aryl methyl sites for hydroxylation is 2. The first-order valence-corrected chi connectivity index (χ1v) is 11.0. The molecule has 0 saturated carbocycles. The van der Waals surface area contributed by atoms with Crippen LogP contribution in [0.25, 0.3) is 21.8 Å². The molecule has 2 aliphatic heterocycles. The fourth-order valence-corrected chi connectivity index (χ4v) is 5.20. The third-order valence-corrected chi connectivity index (χ3v) is 6.67. The summed E-state index contributed by atoms with van der Waals surface area (Å²) in [6, 6.07) is 11.9. The minimum absolute atomic E-state index is 0.805. The average Bonchev–Trinajstić information content (AvgIpc) is 3.59. The van der Waals surface area contributed by atoms with E-state index in [4.69, 9.17) is 9.47 Å². The van der Waals surface area contributed by atoms with Crippen LogP contribution < -0.4 is 9.47 Å². The molecule has 32 heavy (non-hydrogen) atoms. The fourth-order valence-electron chi connectivity index (χ4n) is 5.20. The predicted molar refractivity (Wildman–Crippen MR) is 124 cm³/mol. The van der Waals surface area contributed by atoms with Crippen molar-refractivity contribution in [1.82, 2.24) is 9.13 Å². The van der Waals surface area contributed by atoms with Gasteiger partial charge in [0, 0.05) is 57.4 Å². The molecule has 6 heteroatoms. The second-order valence-electron chi connectivity index (χ2n) is 8.23. The predicted octanol–water partition coefficient (Wildman–Crippen LogP) is 4.82. The first kappa shape index (κ1) is 20.4. The van der Waals surface area contributed by atoms with Crippen molar-refractivity contribution in [2.24, 2.45) is 0 Å². The minimum Gasteiger partial charge on any atom is -0.497 e. The molecule has 0 unspecified atom stereocenters. The molecular formula is C26H26N2O4. The molecule has 2 aliphatic rings. The van der Waals surface area contributed by atoms with Crippen molar-refractivity contribution < 1.29 is 19.1 Å². The zero-order valence-corrected chi connectivity index (χ0v) is 18.4. The first-order chi connectivity index (χ1) is 15.7. The zero-order valence-electron chi connectivity index (χ0n) is 18.4. The van der Waals surface area contributed by atoms with Gasteiger partial charge in [-0.15, -0.1) is 0 Å². The van der Waals surface area contributed by atoms with Gasteiger partial charge in [-0.25, -0.2) is 0 Å². The van der Waals surface area contributed by atoms with Crippen molar-refractivity contribution in [1.29, 1.82) is 0 Å². The molecule has 164 valence electrons. The molecule has 0 radical (unpaired) electrons. The van der Waals surface area contributed by atoms with E-state index in [2.05, 4.69) is 9.13 Å². The van der Waals surface area contributed by atoms with Crippen molar-refractivity contribution in [3.8, 4) is 11.5 Å². The van der Waals surface area contributed by atoms with Crippen LogP contribution in [0.3, 0.4) is 0 Å². The number of carbonyl (C=O) groups excluding carboxylic acids is 2. The van der Waals surface area contributed by atoms with Crippen molar-refractivity contribution in [3.63, 3.8) is 0 Å². The first-order valence-electron chi connectivity index (χ1n) is 11.0. The van der Waals surface area contributed by atoms with Crippen LogP contribution in [0.15, 0.2) is 36.4 Å². The Labute approximate surface area is 186 Å². The van der Waals surface area contributed by atoms with E-state index < -0.39 is 0 Å². The molecule has 0 saturated heterocycles. The van der Waals surface area contributed by atoms with E-state index in [-0.39, 0.29) is 0 Å². The van der Waals surface area contributed by atoms with Gasteiger partial charge in [-0.05, 0) is 62.1 Å². The number of aldehydes is 2. The molecule has 0 spiro atoms. The van der Waals surface area contributed by atoms with Crippen LogP contribution in [0.1, 0.15) is 44.9 Å². The monoisotopic (exact) mass is 430 g/mol. The summed E-state index contributed by atoms with van der Waals surface area (Å²) in [6.45, 7) is 2.04. The lowest BCUT2D eigenvalue weighted by molar-refractivity contribution is 0.111. The molecule has 0 amide bonds. The van der Waals surface area contributed by atoms with E-state index in [0.717, 1.165) is 95.8 Å². The SMILES string of the molecule is COc1ccc2c(c1)c(C=O)c1n2CCC1.COc1ccc2c(c1)c(C=O)c1n2CCC1. The molecule has 0 bridgehead atoms. The van der Waals surface area contributed by atoms with Crippen LogP contribution in [0.5, 0.6) is 11.5 Å². The van der Waals surface area contributed by atoms with Gasteiger partial charge in [0.05, 0.1) is 14.2 Å². The maximum absolute atomic E-state index is 11.2. The Morgan fingerprint density at radius 2 is 1.16 bits per heavy atom.